The highest BCUT2D eigenvalue weighted by Gasteiger charge is 2.40. The molecule has 2 aliphatic heterocycles. The molecule has 1 fully saturated rings. The highest BCUT2D eigenvalue weighted by Crippen LogP contribution is 2.44. The SMILES string of the molecule is CC1(C)CC=C(c2nc(C3CC(C)(C)OC(C)(C)C3)ccc2NC(=O)C2=NC(C#N)CN2COCC[Si](C)(C)C)CC1. The molecule has 0 aromatic carbocycles. The van der Waals surface area contributed by atoms with Gasteiger partial charge in [0.15, 0.2) is 11.9 Å². The molecule has 1 N–H and O–H groups in total. The van der Waals surface area contributed by atoms with Crippen LogP contribution in [-0.2, 0) is 14.3 Å². The van der Waals surface area contributed by atoms with Gasteiger partial charge in [-0.3, -0.25) is 9.78 Å². The molecule has 42 heavy (non-hydrogen) atoms. The minimum atomic E-state index is -1.23. The van der Waals surface area contributed by atoms with Crippen molar-refractivity contribution in [3.63, 3.8) is 0 Å². The predicted molar refractivity (Wildman–Crippen MR) is 172 cm³/mol. The summed E-state index contributed by atoms with van der Waals surface area (Å²) in [6.07, 6.45) is 7.01. The first kappa shape index (κ1) is 32.4. The average Bonchev–Trinajstić information content (AvgIpc) is 3.28. The second-order valence-electron chi connectivity index (χ2n) is 15.6. The van der Waals surface area contributed by atoms with E-state index in [1.165, 1.54) is 5.57 Å². The monoisotopic (exact) mass is 593 g/mol. The zero-order chi connectivity index (χ0) is 30.9. The van der Waals surface area contributed by atoms with Crippen molar-refractivity contribution in [2.75, 3.05) is 25.2 Å². The van der Waals surface area contributed by atoms with Gasteiger partial charge in [0.1, 0.15) is 6.73 Å². The molecule has 1 aromatic heterocycles. The van der Waals surface area contributed by atoms with E-state index < -0.39 is 14.1 Å². The smallest absolute Gasteiger partial charge is 0.291 e. The molecule has 9 heteroatoms. The Morgan fingerprint density at radius 2 is 1.86 bits per heavy atom. The van der Waals surface area contributed by atoms with Crippen molar-refractivity contribution in [3.05, 3.63) is 29.6 Å². The highest BCUT2D eigenvalue weighted by atomic mass is 28.3. The third-order valence-corrected chi connectivity index (χ3v) is 10.2. The van der Waals surface area contributed by atoms with E-state index in [4.69, 9.17) is 14.5 Å². The number of nitrogens with one attached hydrogen (secondary N) is 1. The van der Waals surface area contributed by atoms with Crippen LogP contribution in [0.15, 0.2) is 23.2 Å². The molecule has 3 heterocycles. The first-order chi connectivity index (χ1) is 19.5. The molecule has 3 aliphatic rings. The Morgan fingerprint density at radius 1 is 1.17 bits per heavy atom. The Balaban J connectivity index is 1.60. The number of allylic oxidation sites excluding steroid dienone is 2. The van der Waals surface area contributed by atoms with Crippen molar-refractivity contribution in [2.24, 2.45) is 10.4 Å². The van der Waals surface area contributed by atoms with E-state index in [-0.39, 0.29) is 41.0 Å². The molecular weight excluding hydrogens is 542 g/mol. The van der Waals surface area contributed by atoms with E-state index in [0.29, 0.717) is 18.8 Å². The highest BCUT2D eigenvalue weighted by molar-refractivity contribution is 6.76. The Hall–Kier alpha value is -2.54. The standard InChI is InChI=1S/C33H51N5O3Si/c1-31(2)14-12-23(13-15-31)28-27(11-10-26(36-28)24-18-32(3,4)41-33(5,6)19-24)37-30(39)29-35-25(20-34)21-38(29)22-40-16-17-42(7,8)9/h10-12,24-25H,13-19,21-22H2,1-9H3,(H,37,39). The Kier molecular flexibility index (Phi) is 9.42. The molecule has 4 rings (SSSR count). The average molecular weight is 594 g/mol. The normalized spacial score (nSPS) is 23.6. The summed E-state index contributed by atoms with van der Waals surface area (Å²) in [5.41, 5.74) is 3.50. The summed E-state index contributed by atoms with van der Waals surface area (Å²) in [6, 6.07) is 6.70. The van der Waals surface area contributed by atoms with Gasteiger partial charge in [0, 0.05) is 26.3 Å². The number of carbonyl (C=O) groups is 1. The summed E-state index contributed by atoms with van der Waals surface area (Å²) >= 11 is 0. The molecule has 230 valence electrons. The van der Waals surface area contributed by atoms with Crippen molar-refractivity contribution >= 4 is 31.1 Å². The lowest BCUT2D eigenvalue weighted by molar-refractivity contribution is -0.162. The third kappa shape index (κ3) is 8.52. The van der Waals surface area contributed by atoms with Crippen LogP contribution in [0.4, 0.5) is 5.69 Å². The first-order valence-corrected chi connectivity index (χ1v) is 19.2. The zero-order valence-corrected chi connectivity index (χ0v) is 28.3. The van der Waals surface area contributed by atoms with Gasteiger partial charge in [0.2, 0.25) is 0 Å². The maximum Gasteiger partial charge on any atom is 0.291 e. The van der Waals surface area contributed by atoms with Gasteiger partial charge in [-0.15, -0.1) is 0 Å². The van der Waals surface area contributed by atoms with Crippen LogP contribution >= 0.6 is 0 Å². The number of hydrogen-bond donors (Lipinski definition) is 1. The number of aliphatic imine (C=N–C) groups is 1. The molecule has 0 saturated carbocycles. The summed E-state index contributed by atoms with van der Waals surface area (Å²) in [7, 11) is -1.23. The van der Waals surface area contributed by atoms with Crippen molar-refractivity contribution in [3.8, 4) is 6.07 Å². The zero-order valence-electron chi connectivity index (χ0n) is 27.3. The predicted octanol–water partition coefficient (Wildman–Crippen LogP) is 6.98. The number of anilines is 1. The molecule has 0 bridgehead atoms. The van der Waals surface area contributed by atoms with E-state index in [1.54, 1.807) is 4.90 Å². The third-order valence-electron chi connectivity index (χ3n) is 8.45. The number of carbonyl (C=O) groups excluding carboxylic acids is 1. The number of ether oxygens (including phenoxy) is 2. The van der Waals surface area contributed by atoms with Gasteiger partial charge in [-0.05, 0) is 89.0 Å². The van der Waals surface area contributed by atoms with Gasteiger partial charge in [0.25, 0.3) is 5.91 Å². The van der Waals surface area contributed by atoms with Crippen LogP contribution in [0.25, 0.3) is 5.57 Å². The number of rotatable bonds is 9. The topological polar surface area (TPSA) is 99.8 Å². The van der Waals surface area contributed by atoms with Crippen LogP contribution in [0.5, 0.6) is 0 Å². The summed E-state index contributed by atoms with van der Waals surface area (Å²) in [6.45, 7) is 21.4. The van der Waals surface area contributed by atoms with E-state index in [1.807, 2.05) is 6.07 Å². The van der Waals surface area contributed by atoms with Crippen molar-refractivity contribution in [2.45, 2.75) is 122 Å². The molecule has 1 saturated heterocycles. The number of nitrogens with zero attached hydrogens (tertiary/aromatic N) is 4. The second kappa shape index (κ2) is 12.2. The molecule has 1 unspecified atom stereocenters. The maximum absolute atomic E-state index is 13.7. The van der Waals surface area contributed by atoms with Crippen LogP contribution in [0, 0.1) is 16.7 Å². The molecule has 1 aromatic rings. The number of hydrogen-bond acceptors (Lipinski definition) is 7. The summed E-state index contributed by atoms with van der Waals surface area (Å²) in [4.78, 5) is 25.1. The van der Waals surface area contributed by atoms with Gasteiger partial charge in [-0.1, -0.05) is 39.6 Å². The van der Waals surface area contributed by atoms with Gasteiger partial charge in [-0.2, -0.15) is 5.26 Å². The molecular formula is C33H51N5O3Si. The van der Waals surface area contributed by atoms with E-state index in [2.05, 4.69) is 89.7 Å². The van der Waals surface area contributed by atoms with Gasteiger partial charge >= 0.3 is 0 Å². The van der Waals surface area contributed by atoms with E-state index in [9.17, 15) is 10.1 Å². The van der Waals surface area contributed by atoms with Gasteiger partial charge in [-0.25, -0.2) is 4.99 Å². The van der Waals surface area contributed by atoms with Crippen LogP contribution in [0.1, 0.15) is 91.0 Å². The lowest BCUT2D eigenvalue weighted by Crippen LogP contribution is -2.44. The number of aromatic nitrogens is 1. The van der Waals surface area contributed by atoms with E-state index >= 15 is 0 Å². The minimum absolute atomic E-state index is 0.242. The van der Waals surface area contributed by atoms with E-state index in [0.717, 1.165) is 49.5 Å². The fourth-order valence-electron chi connectivity index (χ4n) is 6.32. The number of pyridine rings is 1. The molecule has 1 atom stereocenters. The van der Waals surface area contributed by atoms with Gasteiger partial charge in [0.05, 0.1) is 35.2 Å². The summed E-state index contributed by atoms with van der Waals surface area (Å²) in [5.74, 6) is 0.172. The van der Waals surface area contributed by atoms with Crippen molar-refractivity contribution < 1.29 is 14.3 Å². The number of nitriles is 1. The fourth-order valence-corrected chi connectivity index (χ4v) is 7.08. The van der Waals surface area contributed by atoms with Crippen LogP contribution in [-0.4, -0.2) is 66.8 Å². The van der Waals surface area contributed by atoms with Crippen molar-refractivity contribution in [1.82, 2.24) is 9.88 Å². The fraction of sp³-hybridized carbons (Fsp3) is 0.697. The van der Waals surface area contributed by atoms with Crippen molar-refractivity contribution in [1.29, 1.82) is 5.26 Å². The van der Waals surface area contributed by atoms with Gasteiger partial charge < -0.3 is 19.7 Å². The minimum Gasteiger partial charge on any atom is -0.370 e. The van der Waals surface area contributed by atoms with Crippen LogP contribution in [0.2, 0.25) is 25.7 Å². The molecule has 1 amide bonds. The maximum atomic E-state index is 13.7. The molecule has 8 nitrogen and oxygen atoms in total. The molecule has 1 aliphatic carbocycles. The Morgan fingerprint density at radius 3 is 2.45 bits per heavy atom. The Labute approximate surface area is 254 Å². The Bertz CT molecular complexity index is 1260. The first-order valence-electron chi connectivity index (χ1n) is 15.5. The summed E-state index contributed by atoms with van der Waals surface area (Å²) < 4.78 is 12.3. The largest absolute Gasteiger partial charge is 0.370 e. The number of amidine groups is 1. The van der Waals surface area contributed by atoms with Crippen LogP contribution in [0.3, 0.4) is 0 Å². The second-order valence-corrected chi connectivity index (χ2v) is 21.2. The molecule has 0 radical (unpaired) electrons. The lowest BCUT2D eigenvalue weighted by atomic mass is 9.77. The molecule has 0 spiro atoms. The lowest BCUT2D eigenvalue weighted by Gasteiger charge is -2.45. The summed E-state index contributed by atoms with van der Waals surface area (Å²) in [5, 5.41) is 12.7. The number of amides is 1. The van der Waals surface area contributed by atoms with Crippen LogP contribution < -0.4 is 5.32 Å². The quantitative estimate of drug-likeness (QED) is 0.245.